The number of hydrogen-bond donors (Lipinski definition) is 2. The predicted octanol–water partition coefficient (Wildman–Crippen LogP) is 1.21. The summed E-state index contributed by atoms with van der Waals surface area (Å²) in [5.74, 6) is 0. The fourth-order valence-corrected chi connectivity index (χ4v) is 3.32. The topological polar surface area (TPSA) is 63.1 Å². The molecule has 1 rings (SSSR count). The molecule has 1 heterocycles. The van der Waals surface area contributed by atoms with Gasteiger partial charge in [0, 0.05) is 31.5 Å². The van der Waals surface area contributed by atoms with Gasteiger partial charge in [-0.05, 0) is 26.0 Å². The molecule has 1 aromatic rings. The predicted molar refractivity (Wildman–Crippen MR) is 72.9 cm³/mol. The van der Waals surface area contributed by atoms with Crippen LogP contribution in [-0.2, 0) is 23.6 Å². The number of rotatable bonds is 7. The number of nitrogens with one attached hydrogen (secondary N) is 2. The van der Waals surface area contributed by atoms with E-state index in [0.717, 1.165) is 18.5 Å². The highest BCUT2D eigenvalue weighted by Crippen LogP contribution is 2.14. The lowest BCUT2D eigenvalue weighted by Crippen LogP contribution is -2.33. The first-order valence-electron chi connectivity index (χ1n) is 6.26. The molecule has 0 unspecified atom stereocenters. The molecule has 0 amide bonds. The van der Waals surface area contributed by atoms with Gasteiger partial charge in [-0.15, -0.1) is 0 Å². The second-order valence-corrected chi connectivity index (χ2v) is 6.16. The van der Waals surface area contributed by atoms with E-state index in [-0.39, 0.29) is 6.04 Å². The van der Waals surface area contributed by atoms with Crippen molar-refractivity contribution in [1.29, 1.82) is 0 Å². The molecule has 5 nitrogen and oxygen atoms in total. The molecule has 0 spiro atoms. The number of nitrogens with zero attached hydrogens (tertiary/aromatic N) is 1. The number of sulfonamides is 1. The van der Waals surface area contributed by atoms with E-state index < -0.39 is 10.0 Å². The summed E-state index contributed by atoms with van der Waals surface area (Å²) in [4.78, 5) is 0.335. The lowest BCUT2D eigenvalue weighted by molar-refractivity contribution is 0.530. The molecule has 0 radical (unpaired) electrons. The van der Waals surface area contributed by atoms with Gasteiger partial charge in [0.2, 0.25) is 10.0 Å². The Balaban J connectivity index is 2.94. The van der Waals surface area contributed by atoms with Gasteiger partial charge in [-0.25, -0.2) is 13.1 Å². The van der Waals surface area contributed by atoms with Gasteiger partial charge in [0.25, 0.3) is 0 Å². The van der Waals surface area contributed by atoms with Gasteiger partial charge < -0.3 is 9.88 Å². The average molecular weight is 273 g/mol. The highest BCUT2D eigenvalue weighted by Gasteiger charge is 2.20. The minimum absolute atomic E-state index is 0.00274. The first-order chi connectivity index (χ1) is 8.44. The third-order valence-corrected chi connectivity index (χ3v) is 4.55. The van der Waals surface area contributed by atoms with Crippen molar-refractivity contribution in [3.05, 3.63) is 18.0 Å². The fraction of sp³-hybridized carbons (Fsp3) is 0.667. The maximum absolute atomic E-state index is 12.2. The molecule has 104 valence electrons. The molecule has 1 aromatic heterocycles. The van der Waals surface area contributed by atoms with Crippen LogP contribution < -0.4 is 10.0 Å². The molecular formula is C12H23N3O2S. The Morgan fingerprint density at radius 3 is 2.44 bits per heavy atom. The monoisotopic (exact) mass is 273 g/mol. The van der Waals surface area contributed by atoms with Crippen LogP contribution in [0.4, 0.5) is 0 Å². The van der Waals surface area contributed by atoms with Crippen LogP contribution >= 0.6 is 0 Å². The lowest BCUT2D eigenvalue weighted by Gasteiger charge is -2.13. The van der Waals surface area contributed by atoms with Gasteiger partial charge >= 0.3 is 0 Å². The molecule has 2 N–H and O–H groups in total. The van der Waals surface area contributed by atoms with Crippen molar-refractivity contribution in [2.75, 3.05) is 7.05 Å². The maximum atomic E-state index is 12.2. The summed E-state index contributed by atoms with van der Waals surface area (Å²) < 4.78 is 28.9. The summed E-state index contributed by atoms with van der Waals surface area (Å²) in [7, 11) is 0.285. The van der Waals surface area contributed by atoms with E-state index in [1.165, 1.54) is 0 Å². The lowest BCUT2D eigenvalue weighted by atomic mass is 10.2. The van der Waals surface area contributed by atoms with E-state index in [9.17, 15) is 8.42 Å². The number of aromatic nitrogens is 1. The maximum Gasteiger partial charge on any atom is 0.242 e. The molecule has 0 aromatic carbocycles. The van der Waals surface area contributed by atoms with E-state index in [2.05, 4.69) is 10.0 Å². The Morgan fingerprint density at radius 2 is 1.94 bits per heavy atom. The van der Waals surface area contributed by atoms with Crippen LogP contribution in [0.2, 0.25) is 0 Å². The third kappa shape index (κ3) is 3.57. The second kappa shape index (κ2) is 6.36. The molecule has 0 saturated carbocycles. The van der Waals surface area contributed by atoms with E-state index in [0.29, 0.717) is 11.4 Å². The summed E-state index contributed by atoms with van der Waals surface area (Å²) in [6.07, 6.45) is 3.25. The van der Waals surface area contributed by atoms with Gasteiger partial charge in [0.05, 0.1) is 4.90 Å². The summed E-state index contributed by atoms with van der Waals surface area (Å²) in [5, 5.41) is 3.02. The zero-order chi connectivity index (χ0) is 13.8. The van der Waals surface area contributed by atoms with E-state index >= 15 is 0 Å². The average Bonchev–Trinajstić information content (AvgIpc) is 2.69. The highest BCUT2D eigenvalue weighted by molar-refractivity contribution is 7.89. The molecule has 0 bridgehead atoms. The van der Waals surface area contributed by atoms with Crippen molar-refractivity contribution < 1.29 is 8.42 Å². The quantitative estimate of drug-likeness (QED) is 0.785. The zero-order valence-corrected chi connectivity index (χ0v) is 12.3. The zero-order valence-electron chi connectivity index (χ0n) is 11.5. The van der Waals surface area contributed by atoms with Crippen molar-refractivity contribution in [2.45, 2.75) is 44.2 Å². The molecule has 18 heavy (non-hydrogen) atoms. The van der Waals surface area contributed by atoms with Gasteiger partial charge in [-0.3, -0.25) is 0 Å². The van der Waals surface area contributed by atoms with Crippen LogP contribution in [0.1, 0.15) is 32.4 Å². The molecule has 0 fully saturated rings. The Labute approximate surface area is 110 Å². The van der Waals surface area contributed by atoms with Crippen molar-refractivity contribution in [3.63, 3.8) is 0 Å². The Kier molecular flexibility index (Phi) is 5.37. The van der Waals surface area contributed by atoms with Crippen LogP contribution in [-0.4, -0.2) is 26.1 Å². The standard InChI is InChI=1S/C12H23N3O2S/c1-5-10(6-2)14-18(16,17)12-7-11(8-13-3)15(4)9-12/h7,9-10,13-14H,5-6,8H2,1-4H3. The Morgan fingerprint density at radius 1 is 1.33 bits per heavy atom. The molecule has 0 atom stereocenters. The number of aryl methyl sites for hydroxylation is 1. The van der Waals surface area contributed by atoms with Crippen LogP contribution in [0.3, 0.4) is 0 Å². The Bertz CT molecular complexity index is 476. The fourth-order valence-electron chi connectivity index (χ4n) is 1.82. The SMILES string of the molecule is CCC(CC)NS(=O)(=O)c1cc(CNC)n(C)c1. The van der Waals surface area contributed by atoms with Gasteiger partial charge in [0.15, 0.2) is 0 Å². The van der Waals surface area contributed by atoms with Gasteiger partial charge in [0.1, 0.15) is 0 Å². The first-order valence-corrected chi connectivity index (χ1v) is 7.75. The van der Waals surface area contributed by atoms with Crippen molar-refractivity contribution in [3.8, 4) is 0 Å². The van der Waals surface area contributed by atoms with E-state index in [1.807, 2.05) is 32.5 Å². The summed E-state index contributed by atoms with van der Waals surface area (Å²) in [6.45, 7) is 4.61. The molecule has 6 heteroatoms. The van der Waals surface area contributed by atoms with Gasteiger partial charge in [-0.1, -0.05) is 13.8 Å². The van der Waals surface area contributed by atoms with E-state index in [4.69, 9.17) is 0 Å². The highest BCUT2D eigenvalue weighted by atomic mass is 32.2. The van der Waals surface area contributed by atoms with Crippen molar-refractivity contribution in [1.82, 2.24) is 14.6 Å². The number of hydrogen-bond acceptors (Lipinski definition) is 3. The van der Waals surface area contributed by atoms with E-state index in [1.54, 1.807) is 12.3 Å². The van der Waals surface area contributed by atoms with Crippen LogP contribution in [0.25, 0.3) is 0 Å². The van der Waals surface area contributed by atoms with Crippen molar-refractivity contribution in [2.24, 2.45) is 7.05 Å². The third-order valence-electron chi connectivity index (χ3n) is 3.06. The molecule has 0 aliphatic carbocycles. The van der Waals surface area contributed by atoms with Gasteiger partial charge in [-0.2, -0.15) is 0 Å². The largest absolute Gasteiger partial charge is 0.352 e. The van der Waals surface area contributed by atoms with Crippen LogP contribution in [0.15, 0.2) is 17.2 Å². The summed E-state index contributed by atoms with van der Waals surface area (Å²) >= 11 is 0. The van der Waals surface area contributed by atoms with Crippen LogP contribution in [0, 0.1) is 0 Å². The van der Waals surface area contributed by atoms with Crippen molar-refractivity contribution >= 4 is 10.0 Å². The minimum atomic E-state index is -3.40. The second-order valence-electron chi connectivity index (χ2n) is 4.44. The van der Waals surface area contributed by atoms with Crippen LogP contribution in [0.5, 0.6) is 0 Å². The molecule has 0 aliphatic heterocycles. The summed E-state index contributed by atoms with van der Waals surface area (Å²) in [5.41, 5.74) is 0.947. The Hall–Kier alpha value is -0.850. The molecule has 0 saturated heterocycles. The molecular weight excluding hydrogens is 250 g/mol. The smallest absolute Gasteiger partial charge is 0.242 e. The minimum Gasteiger partial charge on any atom is -0.352 e. The summed E-state index contributed by atoms with van der Waals surface area (Å²) in [6, 6.07) is 1.71. The molecule has 0 aliphatic rings. The normalized spacial score (nSPS) is 12.3. The first kappa shape index (κ1) is 15.2.